The van der Waals surface area contributed by atoms with Gasteiger partial charge < -0.3 is 14.8 Å². The molecule has 0 amide bonds. The summed E-state index contributed by atoms with van der Waals surface area (Å²) in [5, 5.41) is 3.30. The Hall–Kier alpha value is -0.650. The second-order valence-corrected chi connectivity index (χ2v) is 6.79. The van der Waals surface area contributed by atoms with Crippen molar-refractivity contribution in [3.05, 3.63) is 0 Å². The lowest BCUT2D eigenvalue weighted by atomic mass is 10.2. The van der Waals surface area contributed by atoms with Crippen LogP contribution in [0.15, 0.2) is 0 Å². The van der Waals surface area contributed by atoms with Crippen LogP contribution in [0.2, 0.25) is 0 Å². The third kappa shape index (κ3) is 5.04. The van der Waals surface area contributed by atoms with Crippen molar-refractivity contribution in [1.82, 2.24) is 10.2 Å². The lowest BCUT2D eigenvalue weighted by molar-refractivity contribution is -0.154. The molecule has 2 heterocycles. The molecule has 2 atom stereocenters. The van der Waals surface area contributed by atoms with Crippen molar-refractivity contribution in [3.63, 3.8) is 0 Å². The lowest BCUT2D eigenvalue weighted by Gasteiger charge is -2.35. The average molecular weight is 284 g/mol. The van der Waals surface area contributed by atoms with Gasteiger partial charge >= 0.3 is 5.97 Å². The van der Waals surface area contributed by atoms with Crippen LogP contribution in [0.25, 0.3) is 0 Å². The van der Waals surface area contributed by atoms with Crippen LogP contribution >= 0.6 is 0 Å². The van der Waals surface area contributed by atoms with Crippen LogP contribution in [0, 0.1) is 0 Å². The molecular formula is C15H28N2O3. The molecule has 2 unspecified atom stereocenters. The van der Waals surface area contributed by atoms with E-state index >= 15 is 0 Å². The summed E-state index contributed by atoms with van der Waals surface area (Å²) in [6, 6.07) is 0.646. The highest BCUT2D eigenvalue weighted by Crippen LogP contribution is 2.22. The minimum Gasteiger partial charge on any atom is -0.460 e. The number of fused-ring (bicyclic) bond motifs is 1. The Balaban J connectivity index is 1.56. The fraction of sp³-hybridized carbons (Fsp3) is 0.933. The van der Waals surface area contributed by atoms with Gasteiger partial charge in [0.15, 0.2) is 0 Å². The Morgan fingerprint density at radius 2 is 2.25 bits per heavy atom. The van der Waals surface area contributed by atoms with Crippen molar-refractivity contribution in [3.8, 4) is 0 Å². The number of morpholine rings is 1. The molecule has 0 aromatic heterocycles. The summed E-state index contributed by atoms with van der Waals surface area (Å²) in [5.41, 5.74) is -0.395. The van der Waals surface area contributed by atoms with E-state index in [-0.39, 0.29) is 12.1 Å². The van der Waals surface area contributed by atoms with E-state index in [9.17, 15) is 4.79 Å². The van der Waals surface area contributed by atoms with Crippen molar-refractivity contribution in [2.24, 2.45) is 0 Å². The van der Waals surface area contributed by atoms with Crippen molar-refractivity contribution < 1.29 is 14.3 Å². The molecule has 0 saturated carbocycles. The van der Waals surface area contributed by atoms with Gasteiger partial charge in [0.2, 0.25) is 0 Å². The van der Waals surface area contributed by atoms with E-state index in [0.29, 0.717) is 19.0 Å². The van der Waals surface area contributed by atoms with E-state index in [4.69, 9.17) is 9.47 Å². The molecule has 0 aromatic carbocycles. The molecule has 2 aliphatic rings. The number of carbonyl (C=O) groups is 1. The molecule has 0 spiro atoms. The first kappa shape index (κ1) is 15.7. The number of rotatable bonds is 5. The molecule has 2 saturated heterocycles. The van der Waals surface area contributed by atoms with E-state index in [1.54, 1.807) is 0 Å². The average Bonchev–Trinajstić information content (AvgIpc) is 2.79. The Labute approximate surface area is 122 Å². The normalized spacial score (nSPS) is 27.4. The molecule has 0 aliphatic carbocycles. The topological polar surface area (TPSA) is 50.8 Å². The first-order valence-corrected chi connectivity index (χ1v) is 7.72. The highest BCUT2D eigenvalue weighted by Gasteiger charge is 2.31. The number of ether oxygens (including phenoxy) is 2. The molecule has 5 nitrogen and oxygen atoms in total. The van der Waals surface area contributed by atoms with Gasteiger partial charge in [-0.2, -0.15) is 0 Å². The van der Waals surface area contributed by atoms with Gasteiger partial charge in [-0.3, -0.25) is 9.69 Å². The molecule has 116 valence electrons. The molecule has 0 bridgehead atoms. The number of hydrogen-bond acceptors (Lipinski definition) is 5. The van der Waals surface area contributed by atoms with Gasteiger partial charge in [-0.25, -0.2) is 0 Å². The maximum absolute atomic E-state index is 11.6. The first-order chi connectivity index (χ1) is 9.44. The van der Waals surface area contributed by atoms with Gasteiger partial charge in [-0.05, 0) is 40.2 Å². The fourth-order valence-electron chi connectivity index (χ4n) is 2.86. The standard InChI is InChI=1S/C15H28N2O3/c1-15(2,3)20-14(18)6-7-16-9-13-10-17-8-4-5-12(17)11-19-13/h12-13,16H,4-11H2,1-3H3. The fourth-order valence-corrected chi connectivity index (χ4v) is 2.86. The summed E-state index contributed by atoms with van der Waals surface area (Å²) < 4.78 is 11.1. The zero-order valence-corrected chi connectivity index (χ0v) is 13.0. The van der Waals surface area contributed by atoms with Crippen LogP contribution in [0.1, 0.15) is 40.0 Å². The molecule has 0 aromatic rings. The van der Waals surface area contributed by atoms with Gasteiger partial charge in [0.25, 0.3) is 0 Å². The molecule has 2 fully saturated rings. The van der Waals surface area contributed by atoms with Crippen molar-refractivity contribution in [2.75, 3.05) is 32.8 Å². The molecular weight excluding hydrogens is 256 g/mol. The predicted molar refractivity (Wildman–Crippen MR) is 77.7 cm³/mol. The zero-order valence-electron chi connectivity index (χ0n) is 13.0. The Morgan fingerprint density at radius 3 is 3.00 bits per heavy atom. The van der Waals surface area contributed by atoms with Crippen LogP contribution in [0.3, 0.4) is 0 Å². The summed E-state index contributed by atoms with van der Waals surface area (Å²) in [6.45, 7) is 10.2. The van der Waals surface area contributed by atoms with Crippen LogP contribution < -0.4 is 5.32 Å². The Bertz CT molecular complexity index is 328. The van der Waals surface area contributed by atoms with Gasteiger partial charge in [-0.15, -0.1) is 0 Å². The van der Waals surface area contributed by atoms with Gasteiger partial charge in [-0.1, -0.05) is 0 Å². The molecule has 5 heteroatoms. The molecule has 20 heavy (non-hydrogen) atoms. The summed E-state index contributed by atoms with van der Waals surface area (Å²) in [7, 11) is 0. The quantitative estimate of drug-likeness (QED) is 0.607. The number of carbonyl (C=O) groups excluding carboxylic acids is 1. The van der Waals surface area contributed by atoms with E-state index in [2.05, 4.69) is 10.2 Å². The smallest absolute Gasteiger partial charge is 0.307 e. The number of esters is 1. The highest BCUT2D eigenvalue weighted by atomic mass is 16.6. The van der Waals surface area contributed by atoms with E-state index < -0.39 is 5.60 Å². The number of nitrogens with zero attached hydrogens (tertiary/aromatic N) is 1. The van der Waals surface area contributed by atoms with E-state index in [0.717, 1.165) is 19.7 Å². The molecule has 2 aliphatic heterocycles. The largest absolute Gasteiger partial charge is 0.460 e. The third-order valence-corrected chi connectivity index (χ3v) is 3.76. The lowest BCUT2D eigenvalue weighted by Crippen LogP contribution is -2.49. The number of hydrogen-bond donors (Lipinski definition) is 1. The van der Waals surface area contributed by atoms with Crippen LogP contribution in [0.5, 0.6) is 0 Å². The van der Waals surface area contributed by atoms with Crippen LogP contribution in [-0.2, 0) is 14.3 Å². The van der Waals surface area contributed by atoms with Gasteiger partial charge in [0.05, 0.1) is 19.1 Å². The maximum atomic E-state index is 11.6. The van der Waals surface area contributed by atoms with Gasteiger partial charge in [0.1, 0.15) is 5.60 Å². The van der Waals surface area contributed by atoms with Crippen molar-refractivity contribution >= 4 is 5.97 Å². The summed E-state index contributed by atoms with van der Waals surface area (Å²) >= 11 is 0. The maximum Gasteiger partial charge on any atom is 0.307 e. The molecule has 0 radical (unpaired) electrons. The number of nitrogens with one attached hydrogen (secondary N) is 1. The highest BCUT2D eigenvalue weighted by molar-refractivity contribution is 5.70. The monoisotopic (exact) mass is 284 g/mol. The van der Waals surface area contributed by atoms with Crippen LogP contribution in [-0.4, -0.2) is 61.4 Å². The SMILES string of the molecule is CC(C)(C)OC(=O)CCNCC1CN2CCCC2CO1. The van der Waals surface area contributed by atoms with Crippen LogP contribution in [0.4, 0.5) is 0 Å². The third-order valence-electron chi connectivity index (χ3n) is 3.76. The van der Waals surface area contributed by atoms with E-state index in [1.165, 1.54) is 19.4 Å². The summed E-state index contributed by atoms with van der Waals surface area (Å²) in [6.07, 6.45) is 3.24. The summed E-state index contributed by atoms with van der Waals surface area (Å²) in [4.78, 5) is 14.1. The second-order valence-electron chi connectivity index (χ2n) is 6.79. The second kappa shape index (κ2) is 6.87. The first-order valence-electron chi connectivity index (χ1n) is 7.72. The Morgan fingerprint density at radius 1 is 1.45 bits per heavy atom. The molecule has 1 N–H and O–H groups in total. The molecule has 2 rings (SSSR count). The van der Waals surface area contributed by atoms with Gasteiger partial charge in [0, 0.05) is 25.7 Å². The van der Waals surface area contributed by atoms with Crippen molar-refractivity contribution in [1.29, 1.82) is 0 Å². The summed E-state index contributed by atoms with van der Waals surface area (Å²) in [5.74, 6) is -0.144. The van der Waals surface area contributed by atoms with Crippen molar-refractivity contribution in [2.45, 2.75) is 57.8 Å². The Kier molecular flexibility index (Phi) is 5.41. The minimum atomic E-state index is -0.395. The zero-order chi connectivity index (χ0) is 14.6. The van der Waals surface area contributed by atoms with E-state index in [1.807, 2.05) is 20.8 Å². The minimum absolute atomic E-state index is 0.144. The predicted octanol–water partition coefficient (Wildman–Crippen LogP) is 1.17.